The first-order chi connectivity index (χ1) is 9.36. The van der Waals surface area contributed by atoms with E-state index in [4.69, 9.17) is 0 Å². The zero-order chi connectivity index (χ0) is 13.1. The molecule has 0 aliphatic carbocycles. The molecule has 0 spiro atoms. The lowest BCUT2D eigenvalue weighted by atomic mass is 9.96. The number of hydrogen-bond acceptors (Lipinski definition) is 3. The molecule has 19 heavy (non-hydrogen) atoms. The highest BCUT2D eigenvalue weighted by Crippen LogP contribution is 2.27. The molecule has 0 radical (unpaired) electrons. The van der Waals surface area contributed by atoms with Gasteiger partial charge in [-0.05, 0) is 37.9 Å². The van der Waals surface area contributed by atoms with Crippen molar-refractivity contribution in [1.29, 1.82) is 0 Å². The van der Waals surface area contributed by atoms with E-state index in [1.165, 1.54) is 24.1 Å². The van der Waals surface area contributed by atoms with Gasteiger partial charge in [-0.3, -0.25) is 4.98 Å². The van der Waals surface area contributed by atoms with Crippen molar-refractivity contribution in [3.63, 3.8) is 0 Å². The molecule has 2 atom stereocenters. The summed E-state index contributed by atoms with van der Waals surface area (Å²) in [5, 5.41) is 3.48. The second-order valence-electron chi connectivity index (χ2n) is 5.23. The van der Waals surface area contributed by atoms with Crippen molar-refractivity contribution in [2.75, 3.05) is 13.1 Å². The summed E-state index contributed by atoms with van der Waals surface area (Å²) in [6.07, 6.45) is 10.2. The molecule has 0 saturated carbocycles. The van der Waals surface area contributed by atoms with Gasteiger partial charge in [0.05, 0.1) is 12.4 Å². The third-order valence-electron chi connectivity index (χ3n) is 4.00. The predicted molar refractivity (Wildman–Crippen MR) is 75.1 cm³/mol. The van der Waals surface area contributed by atoms with E-state index in [-0.39, 0.29) is 6.04 Å². The number of pyridine rings is 1. The van der Waals surface area contributed by atoms with Gasteiger partial charge in [0.25, 0.3) is 0 Å². The Labute approximate surface area is 113 Å². The van der Waals surface area contributed by atoms with Crippen LogP contribution in [0.3, 0.4) is 0 Å². The molecule has 0 bridgehead atoms. The Bertz CT molecular complexity index is 514. The van der Waals surface area contributed by atoms with Crippen LogP contribution in [0.2, 0.25) is 0 Å². The number of hydrogen-bond donors (Lipinski definition) is 1. The smallest absolute Gasteiger partial charge is 0.0953 e. The molecule has 1 aliphatic rings. The number of aromatic nitrogens is 3. The van der Waals surface area contributed by atoms with Gasteiger partial charge < -0.3 is 9.88 Å². The summed E-state index contributed by atoms with van der Waals surface area (Å²) in [5.41, 5.74) is 2.56. The largest absolute Gasteiger partial charge is 0.327 e. The van der Waals surface area contributed by atoms with Crippen LogP contribution in [0.15, 0.2) is 37.1 Å². The molecular formula is C15H20N4. The lowest BCUT2D eigenvalue weighted by Gasteiger charge is -2.26. The van der Waals surface area contributed by atoms with Crippen LogP contribution in [0.25, 0.3) is 0 Å². The van der Waals surface area contributed by atoms with Crippen molar-refractivity contribution < 1.29 is 0 Å². The maximum absolute atomic E-state index is 4.36. The molecule has 1 fully saturated rings. The molecule has 1 aliphatic heterocycles. The molecular weight excluding hydrogens is 236 g/mol. The fourth-order valence-electron chi connectivity index (χ4n) is 2.84. The Kier molecular flexibility index (Phi) is 3.60. The molecule has 2 unspecified atom stereocenters. The zero-order valence-electron chi connectivity index (χ0n) is 11.3. The fraction of sp³-hybridized carbons (Fsp3) is 0.467. The maximum atomic E-state index is 4.36. The fourth-order valence-corrected chi connectivity index (χ4v) is 2.84. The van der Waals surface area contributed by atoms with Crippen LogP contribution in [0, 0.1) is 0 Å². The van der Waals surface area contributed by atoms with Crippen LogP contribution >= 0.6 is 0 Å². The monoisotopic (exact) mass is 256 g/mol. The van der Waals surface area contributed by atoms with Crippen LogP contribution < -0.4 is 5.32 Å². The highest BCUT2D eigenvalue weighted by molar-refractivity contribution is 5.18. The van der Waals surface area contributed by atoms with E-state index in [0.29, 0.717) is 5.92 Å². The molecule has 1 saturated heterocycles. The third-order valence-corrected chi connectivity index (χ3v) is 4.00. The summed E-state index contributed by atoms with van der Waals surface area (Å²) in [6, 6.07) is 4.40. The average molecular weight is 256 g/mol. The lowest BCUT2D eigenvalue weighted by Crippen LogP contribution is -2.30. The van der Waals surface area contributed by atoms with Crippen LogP contribution in [-0.2, 0) is 0 Å². The van der Waals surface area contributed by atoms with Crippen LogP contribution in [0.5, 0.6) is 0 Å². The molecule has 0 aromatic carbocycles. The predicted octanol–water partition coefficient (Wildman–Crippen LogP) is 2.35. The number of piperidine rings is 1. The lowest BCUT2D eigenvalue weighted by molar-refractivity contribution is 0.435. The van der Waals surface area contributed by atoms with Crippen molar-refractivity contribution in [1.82, 2.24) is 19.9 Å². The van der Waals surface area contributed by atoms with Gasteiger partial charge in [0.2, 0.25) is 0 Å². The molecule has 2 aromatic rings. The number of imidazole rings is 1. The minimum Gasteiger partial charge on any atom is -0.327 e. The van der Waals surface area contributed by atoms with Crippen LogP contribution in [0.4, 0.5) is 0 Å². The standard InChI is InChI=1S/C15H20N4/c1-12(13-4-2-6-16-8-13)19-11-18-10-15(19)14-5-3-7-17-9-14/h2,4,6,8,10-12,14,17H,3,5,7,9H2,1H3. The van der Waals surface area contributed by atoms with Gasteiger partial charge in [0.15, 0.2) is 0 Å². The van der Waals surface area contributed by atoms with Gasteiger partial charge in [0, 0.05) is 36.7 Å². The molecule has 3 rings (SSSR count). The highest BCUT2D eigenvalue weighted by Gasteiger charge is 2.21. The van der Waals surface area contributed by atoms with Gasteiger partial charge in [-0.1, -0.05) is 6.07 Å². The topological polar surface area (TPSA) is 42.7 Å². The summed E-state index contributed by atoms with van der Waals surface area (Å²) in [7, 11) is 0. The van der Waals surface area contributed by atoms with E-state index in [2.05, 4.69) is 32.8 Å². The van der Waals surface area contributed by atoms with Crippen molar-refractivity contribution in [2.24, 2.45) is 0 Å². The van der Waals surface area contributed by atoms with Crippen molar-refractivity contribution in [3.05, 3.63) is 48.3 Å². The summed E-state index contributed by atoms with van der Waals surface area (Å²) in [4.78, 5) is 8.57. The summed E-state index contributed by atoms with van der Waals surface area (Å²) in [5.74, 6) is 0.579. The molecule has 0 amide bonds. The van der Waals surface area contributed by atoms with E-state index >= 15 is 0 Å². The zero-order valence-corrected chi connectivity index (χ0v) is 11.3. The van der Waals surface area contributed by atoms with E-state index < -0.39 is 0 Å². The summed E-state index contributed by atoms with van der Waals surface area (Å²) >= 11 is 0. The Morgan fingerprint density at radius 2 is 2.32 bits per heavy atom. The van der Waals surface area contributed by atoms with E-state index in [1.54, 1.807) is 0 Å². The Hall–Kier alpha value is -1.68. The van der Waals surface area contributed by atoms with Gasteiger partial charge >= 0.3 is 0 Å². The quantitative estimate of drug-likeness (QED) is 0.916. The Morgan fingerprint density at radius 1 is 1.37 bits per heavy atom. The first-order valence-corrected chi connectivity index (χ1v) is 6.98. The number of nitrogens with one attached hydrogen (secondary N) is 1. The maximum Gasteiger partial charge on any atom is 0.0953 e. The minimum atomic E-state index is 0.285. The second-order valence-corrected chi connectivity index (χ2v) is 5.23. The van der Waals surface area contributed by atoms with Crippen LogP contribution in [-0.4, -0.2) is 27.6 Å². The van der Waals surface area contributed by atoms with Gasteiger partial charge in [-0.25, -0.2) is 4.98 Å². The molecule has 2 aromatic heterocycles. The molecule has 100 valence electrons. The van der Waals surface area contributed by atoms with E-state index in [9.17, 15) is 0 Å². The first-order valence-electron chi connectivity index (χ1n) is 6.98. The normalized spacial score (nSPS) is 21.2. The van der Waals surface area contributed by atoms with Crippen molar-refractivity contribution >= 4 is 0 Å². The van der Waals surface area contributed by atoms with Gasteiger partial charge in [-0.2, -0.15) is 0 Å². The van der Waals surface area contributed by atoms with Crippen molar-refractivity contribution in [3.8, 4) is 0 Å². The van der Waals surface area contributed by atoms with Gasteiger partial charge in [-0.15, -0.1) is 0 Å². The molecule has 4 heteroatoms. The molecule has 4 nitrogen and oxygen atoms in total. The Balaban J connectivity index is 1.87. The Morgan fingerprint density at radius 3 is 3.05 bits per heavy atom. The minimum absolute atomic E-state index is 0.285. The van der Waals surface area contributed by atoms with E-state index in [0.717, 1.165) is 13.1 Å². The average Bonchev–Trinajstić information content (AvgIpc) is 2.98. The third kappa shape index (κ3) is 2.54. The second kappa shape index (κ2) is 5.53. The first kappa shape index (κ1) is 12.4. The van der Waals surface area contributed by atoms with E-state index in [1.807, 2.05) is 31.0 Å². The molecule has 3 heterocycles. The molecule has 1 N–H and O–H groups in total. The number of rotatable bonds is 3. The highest BCUT2D eigenvalue weighted by atomic mass is 15.1. The van der Waals surface area contributed by atoms with Crippen molar-refractivity contribution in [2.45, 2.75) is 31.7 Å². The summed E-state index contributed by atoms with van der Waals surface area (Å²) < 4.78 is 2.29. The van der Waals surface area contributed by atoms with Gasteiger partial charge in [0.1, 0.15) is 0 Å². The summed E-state index contributed by atoms with van der Waals surface area (Å²) in [6.45, 7) is 4.41. The SMILES string of the molecule is CC(c1cccnc1)n1cncc1C1CCCNC1. The number of nitrogens with zero attached hydrogens (tertiary/aromatic N) is 3. The van der Waals surface area contributed by atoms with Crippen LogP contribution in [0.1, 0.15) is 43.0 Å².